The zero-order valence-electron chi connectivity index (χ0n) is 13.9. The maximum Gasteiger partial charge on any atom is 0.158 e. The molecule has 2 heterocycles. The number of imidazole rings is 1. The van der Waals surface area contributed by atoms with Crippen molar-refractivity contribution < 1.29 is 9.47 Å². The number of halogens is 1. The Morgan fingerprint density at radius 2 is 2.21 bits per heavy atom. The molecule has 0 saturated carbocycles. The van der Waals surface area contributed by atoms with Crippen molar-refractivity contribution in [2.75, 3.05) is 6.61 Å². The van der Waals surface area contributed by atoms with Gasteiger partial charge in [-0.05, 0) is 66.5 Å². The molecule has 5 heteroatoms. The zero-order chi connectivity index (χ0) is 16.8. The first kappa shape index (κ1) is 17.6. The van der Waals surface area contributed by atoms with Crippen molar-refractivity contribution in [3.63, 3.8) is 0 Å². The van der Waals surface area contributed by atoms with Crippen molar-refractivity contribution in [2.45, 2.75) is 45.1 Å². The largest absolute Gasteiger partial charge is 0.353 e. The molecule has 2 aromatic rings. The quantitative estimate of drug-likeness (QED) is 0.608. The van der Waals surface area contributed by atoms with Crippen LogP contribution >= 0.6 is 22.6 Å². The van der Waals surface area contributed by atoms with Crippen molar-refractivity contribution in [1.82, 2.24) is 9.55 Å². The third kappa shape index (κ3) is 4.91. The first-order chi connectivity index (χ1) is 11.7. The van der Waals surface area contributed by atoms with Gasteiger partial charge in [-0.1, -0.05) is 24.3 Å². The third-order valence-electron chi connectivity index (χ3n) is 4.09. The molecule has 128 valence electrons. The highest BCUT2D eigenvalue weighted by atomic mass is 127. The predicted octanol–water partition coefficient (Wildman–Crippen LogP) is 4.81. The summed E-state index contributed by atoms with van der Waals surface area (Å²) in [4.78, 5) is 4.47. The fourth-order valence-corrected chi connectivity index (χ4v) is 3.18. The second-order valence-corrected chi connectivity index (χ2v) is 7.21. The van der Waals surface area contributed by atoms with Gasteiger partial charge in [-0.3, -0.25) is 0 Å². The molecule has 0 aliphatic carbocycles. The third-order valence-corrected chi connectivity index (χ3v) is 4.81. The van der Waals surface area contributed by atoms with Gasteiger partial charge in [-0.15, -0.1) is 0 Å². The summed E-state index contributed by atoms with van der Waals surface area (Å²) < 4.78 is 15.1. The summed E-state index contributed by atoms with van der Waals surface area (Å²) in [5.41, 5.74) is 1.21. The highest BCUT2D eigenvalue weighted by Gasteiger charge is 2.20. The monoisotopic (exact) mass is 438 g/mol. The first-order valence-corrected chi connectivity index (χ1v) is 9.50. The van der Waals surface area contributed by atoms with E-state index in [0.29, 0.717) is 0 Å². The van der Waals surface area contributed by atoms with Crippen LogP contribution in [0.2, 0.25) is 0 Å². The Bertz CT molecular complexity index is 660. The Labute approximate surface area is 157 Å². The second-order valence-electron chi connectivity index (χ2n) is 5.97. The maximum absolute atomic E-state index is 6.02. The minimum atomic E-state index is -0.0961. The van der Waals surface area contributed by atoms with Crippen LogP contribution in [0.15, 0.2) is 42.7 Å². The lowest BCUT2D eigenvalue weighted by Crippen LogP contribution is -2.24. The highest BCUT2D eigenvalue weighted by molar-refractivity contribution is 14.1. The van der Waals surface area contributed by atoms with E-state index in [9.17, 15) is 0 Å². The molecule has 0 N–H and O–H groups in total. The summed E-state index contributed by atoms with van der Waals surface area (Å²) >= 11 is 2.32. The van der Waals surface area contributed by atoms with Crippen LogP contribution in [0.4, 0.5) is 0 Å². The van der Waals surface area contributed by atoms with Gasteiger partial charge < -0.3 is 14.0 Å². The van der Waals surface area contributed by atoms with Crippen molar-refractivity contribution in [3.8, 4) is 0 Å². The van der Waals surface area contributed by atoms with Crippen LogP contribution < -0.4 is 0 Å². The van der Waals surface area contributed by atoms with Gasteiger partial charge in [0.25, 0.3) is 0 Å². The van der Waals surface area contributed by atoms with E-state index in [-0.39, 0.29) is 12.4 Å². The molecule has 1 aromatic heterocycles. The van der Waals surface area contributed by atoms with E-state index >= 15 is 0 Å². The van der Waals surface area contributed by atoms with Crippen molar-refractivity contribution in [2.24, 2.45) is 0 Å². The summed E-state index contributed by atoms with van der Waals surface area (Å²) in [5.74, 6) is 0.941. The number of nitrogens with zero attached hydrogens (tertiary/aromatic N) is 2. The minimum absolute atomic E-state index is 0.0743. The van der Waals surface area contributed by atoms with E-state index in [1.807, 2.05) is 19.3 Å². The van der Waals surface area contributed by atoms with E-state index in [4.69, 9.17) is 9.47 Å². The van der Waals surface area contributed by atoms with Crippen LogP contribution in [0.3, 0.4) is 0 Å². The molecule has 0 bridgehead atoms. The molecule has 0 spiro atoms. The van der Waals surface area contributed by atoms with Crippen LogP contribution in [-0.4, -0.2) is 22.4 Å². The zero-order valence-corrected chi connectivity index (χ0v) is 16.1. The maximum atomic E-state index is 6.02. The topological polar surface area (TPSA) is 36.3 Å². The van der Waals surface area contributed by atoms with Gasteiger partial charge in [-0.2, -0.15) is 0 Å². The first-order valence-electron chi connectivity index (χ1n) is 8.42. The van der Waals surface area contributed by atoms with Crippen LogP contribution in [0.25, 0.3) is 6.08 Å². The number of benzene rings is 1. The van der Waals surface area contributed by atoms with Crippen molar-refractivity contribution in [1.29, 1.82) is 0 Å². The SMILES string of the molecule is C[C@H](OC1CCCCO1)c1nccn1C/C=C/c1ccc(I)cc1. The lowest BCUT2D eigenvalue weighted by atomic mass is 10.2. The Hall–Kier alpha value is -1.18. The van der Waals surface area contributed by atoms with E-state index < -0.39 is 0 Å². The average Bonchev–Trinajstić information content (AvgIpc) is 3.06. The standard InChI is InChI=1S/C19H23IN2O2/c1-15(24-18-6-2-3-14-23-18)19-21-11-13-22(19)12-4-5-16-7-9-17(20)10-8-16/h4-5,7-11,13,15,18H,2-3,6,12,14H2,1H3/b5-4+/t15-,18?/m0/s1. The van der Waals surface area contributed by atoms with Gasteiger partial charge >= 0.3 is 0 Å². The highest BCUT2D eigenvalue weighted by Crippen LogP contribution is 2.22. The number of aromatic nitrogens is 2. The van der Waals surface area contributed by atoms with E-state index in [0.717, 1.165) is 31.8 Å². The second kappa shape index (κ2) is 8.78. The van der Waals surface area contributed by atoms with Crippen LogP contribution in [-0.2, 0) is 16.0 Å². The molecule has 1 aliphatic rings. The Morgan fingerprint density at radius 3 is 2.96 bits per heavy atom. The molecule has 0 radical (unpaired) electrons. The molecule has 0 amide bonds. The molecule has 2 atom stereocenters. The molecule has 24 heavy (non-hydrogen) atoms. The summed E-state index contributed by atoms with van der Waals surface area (Å²) in [6, 6.07) is 8.48. The van der Waals surface area contributed by atoms with Crippen molar-refractivity contribution >= 4 is 28.7 Å². The normalized spacial score (nSPS) is 19.7. The van der Waals surface area contributed by atoms with Crippen LogP contribution in [0.1, 0.15) is 43.7 Å². The molecule has 1 unspecified atom stereocenters. The molecule has 3 rings (SSSR count). The molecule has 4 nitrogen and oxygen atoms in total. The molecule has 1 aliphatic heterocycles. The smallest absolute Gasteiger partial charge is 0.158 e. The Balaban J connectivity index is 1.58. The van der Waals surface area contributed by atoms with Gasteiger partial charge in [0, 0.05) is 29.1 Å². The average molecular weight is 438 g/mol. The minimum Gasteiger partial charge on any atom is -0.353 e. The van der Waals surface area contributed by atoms with Gasteiger partial charge in [0.05, 0.1) is 0 Å². The number of allylic oxidation sites excluding steroid dienone is 1. The Kier molecular flexibility index (Phi) is 6.45. The molecular weight excluding hydrogens is 415 g/mol. The Morgan fingerprint density at radius 1 is 1.38 bits per heavy atom. The summed E-state index contributed by atoms with van der Waals surface area (Å²) in [5, 5.41) is 0. The summed E-state index contributed by atoms with van der Waals surface area (Å²) in [6.07, 6.45) is 11.2. The lowest BCUT2D eigenvalue weighted by Gasteiger charge is -2.26. The number of hydrogen-bond acceptors (Lipinski definition) is 3. The number of rotatable bonds is 6. The lowest BCUT2D eigenvalue weighted by molar-refractivity contribution is -0.188. The van der Waals surface area contributed by atoms with Crippen LogP contribution in [0.5, 0.6) is 0 Å². The van der Waals surface area contributed by atoms with E-state index in [1.54, 1.807) is 0 Å². The fourth-order valence-electron chi connectivity index (χ4n) is 2.82. The fraction of sp³-hybridized carbons (Fsp3) is 0.421. The van der Waals surface area contributed by atoms with Gasteiger partial charge in [0.1, 0.15) is 11.9 Å². The number of hydrogen-bond donors (Lipinski definition) is 0. The molecular formula is C19H23IN2O2. The summed E-state index contributed by atoms with van der Waals surface area (Å²) in [6.45, 7) is 3.62. The van der Waals surface area contributed by atoms with Gasteiger partial charge in [-0.25, -0.2) is 4.98 Å². The predicted molar refractivity (Wildman–Crippen MR) is 104 cm³/mol. The molecule has 1 fully saturated rings. The van der Waals surface area contributed by atoms with Crippen molar-refractivity contribution in [3.05, 3.63) is 57.7 Å². The molecule has 1 aromatic carbocycles. The van der Waals surface area contributed by atoms with Gasteiger partial charge in [0.15, 0.2) is 6.29 Å². The molecule has 1 saturated heterocycles. The van der Waals surface area contributed by atoms with Crippen LogP contribution in [0, 0.1) is 3.57 Å². The number of ether oxygens (including phenoxy) is 2. The van der Waals surface area contributed by atoms with Gasteiger partial charge in [0.2, 0.25) is 0 Å². The van der Waals surface area contributed by atoms with E-state index in [2.05, 4.69) is 68.6 Å². The van der Waals surface area contributed by atoms with E-state index in [1.165, 1.54) is 15.6 Å². The summed E-state index contributed by atoms with van der Waals surface area (Å²) in [7, 11) is 0.